The van der Waals surface area contributed by atoms with Crippen molar-refractivity contribution in [3.8, 4) is 0 Å². The van der Waals surface area contributed by atoms with Gasteiger partial charge >= 0.3 is 5.97 Å². The lowest BCUT2D eigenvalue weighted by Crippen LogP contribution is -2.48. The highest BCUT2D eigenvalue weighted by atomic mass is 16.5. The fourth-order valence-corrected chi connectivity index (χ4v) is 3.24. The predicted molar refractivity (Wildman–Crippen MR) is 76.1 cm³/mol. The fraction of sp³-hybridized carbons (Fsp3) is 0.867. The van der Waals surface area contributed by atoms with Crippen molar-refractivity contribution < 1.29 is 14.3 Å². The summed E-state index contributed by atoms with van der Waals surface area (Å²) in [5, 5.41) is 3.37. The summed E-state index contributed by atoms with van der Waals surface area (Å²) in [6.07, 6.45) is 3.55. The van der Waals surface area contributed by atoms with Gasteiger partial charge in [0.15, 0.2) is 0 Å². The first-order valence-corrected chi connectivity index (χ1v) is 7.80. The van der Waals surface area contributed by atoms with Crippen LogP contribution in [0.4, 0.5) is 0 Å². The molecule has 1 amide bonds. The Morgan fingerprint density at radius 3 is 2.80 bits per heavy atom. The highest BCUT2D eigenvalue weighted by Gasteiger charge is 2.33. The number of hydrogen-bond donors (Lipinski definition) is 1. The molecule has 0 radical (unpaired) electrons. The van der Waals surface area contributed by atoms with Crippen LogP contribution in [0.1, 0.15) is 39.5 Å². The molecular weight excluding hydrogens is 256 g/mol. The standard InChI is InChI=1S/C15H26N2O3/c1-3-20-15(19)13-5-4-8-17(10-13)14(18)12-6-7-16-11(2)9-12/h11-13,16H,3-10H2,1-2H3/t11-,12-,13?/m0/s1. The third kappa shape index (κ3) is 3.72. The van der Waals surface area contributed by atoms with Gasteiger partial charge in [0.05, 0.1) is 12.5 Å². The third-order valence-corrected chi connectivity index (χ3v) is 4.33. The molecule has 0 aromatic heterocycles. The lowest BCUT2D eigenvalue weighted by molar-refractivity contribution is -0.152. The first-order chi connectivity index (χ1) is 9.61. The molecule has 0 aromatic carbocycles. The van der Waals surface area contributed by atoms with Crippen LogP contribution in [0.25, 0.3) is 0 Å². The van der Waals surface area contributed by atoms with Crippen LogP contribution in [0, 0.1) is 11.8 Å². The number of rotatable bonds is 3. The molecule has 2 aliphatic heterocycles. The summed E-state index contributed by atoms with van der Waals surface area (Å²) >= 11 is 0. The summed E-state index contributed by atoms with van der Waals surface area (Å²) in [6.45, 7) is 6.59. The molecule has 0 saturated carbocycles. The Balaban J connectivity index is 1.91. The van der Waals surface area contributed by atoms with Gasteiger partial charge in [0.1, 0.15) is 0 Å². The van der Waals surface area contributed by atoms with Crippen LogP contribution in [0.3, 0.4) is 0 Å². The Labute approximate surface area is 121 Å². The molecule has 3 atom stereocenters. The number of carbonyl (C=O) groups is 2. The Morgan fingerprint density at radius 2 is 2.10 bits per heavy atom. The molecule has 114 valence electrons. The third-order valence-electron chi connectivity index (χ3n) is 4.33. The average Bonchev–Trinajstić information content (AvgIpc) is 2.47. The predicted octanol–water partition coefficient (Wildman–Crippen LogP) is 1.18. The second-order valence-corrected chi connectivity index (χ2v) is 5.95. The van der Waals surface area contributed by atoms with Crippen LogP contribution in [-0.2, 0) is 14.3 Å². The number of nitrogens with one attached hydrogen (secondary N) is 1. The van der Waals surface area contributed by atoms with Gasteiger partial charge in [-0.3, -0.25) is 9.59 Å². The van der Waals surface area contributed by atoms with Gasteiger partial charge in [0.2, 0.25) is 5.91 Å². The quantitative estimate of drug-likeness (QED) is 0.790. The van der Waals surface area contributed by atoms with E-state index in [-0.39, 0.29) is 23.7 Å². The van der Waals surface area contributed by atoms with Crippen molar-refractivity contribution in [1.29, 1.82) is 0 Å². The maximum atomic E-state index is 12.6. The molecule has 0 spiro atoms. The lowest BCUT2D eigenvalue weighted by atomic mass is 9.90. The summed E-state index contributed by atoms with van der Waals surface area (Å²) < 4.78 is 5.09. The number of carbonyl (C=O) groups excluding carboxylic acids is 2. The molecule has 2 aliphatic rings. The van der Waals surface area contributed by atoms with Crippen molar-refractivity contribution in [2.24, 2.45) is 11.8 Å². The minimum absolute atomic E-state index is 0.118. The molecule has 1 N–H and O–H groups in total. The second-order valence-electron chi connectivity index (χ2n) is 5.95. The first kappa shape index (κ1) is 15.3. The van der Waals surface area contributed by atoms with E-state index in [4.69, 9.17) is 4.74 Å². The van der Waals surface area contributed by atoms with E-state index < -0.39 is 0 Å². The van der Waals surface area contributed by atoms with E-state index in [0.29, 0.717) is 19.2 Å². The molecule has 1 unspecified atom stereocenters. The molecule has 2 heterocycles. The van der Waals surface area contributed by atoms with Crippen LogP contribution in [0.15, 0.2) is 0 Å². The number of piperidine rings is 2. The number of esters is 1. The van der Waals surface area contributed by atoms with E-state index in [9.17, 15) is 9.59 Å². The van der Waals surface area contributed by atoms with Crippen LogP contribution in [-0.4, -0.2) is 49.1 Å². The monoisotopic (exact) mass is 282 g/mol. The largest absolute Gasteiger partial charge is 0.466 e. The molecule has 5 nitrogen and oxygen atoms in total. The number of amides is 1. The van der Waals surface area contributed by atoms with E-state index in [1.54, 1.807) is 0 Å². The normalized spacial score (nSPS) is 30.9. The minimum atomic E-state index is -0.149. The van der Waals surface area contributed by atoms with Gasteiger partial charge < -0.3 is 15.0 Å². The Hall–Kier alpha value is -1.10. The topological polar surface area (TPSA) is 58.6 Å². The lowest BCUT2D eigenvalue weighted by Gasteiger charge is -2.36. The van der Waals surface area contributed by atoms with Gasteiger partial charge in [-0.2, -0.15) is 0 Å². The zero-order valence-electron chi connectivity index (χ0n) is 12.6. The number of hydrogen-bond acceptors (Lipinski definition) is 4. The Bertz CT molecular complexity index is 359. The van der Waals surface area contributed by atoms with E-state index in [1.165, 1.54) is 0 Å². The van der Waals surface area contributed by atoms with Crippen molar-refractivity contribution in [2.75, 3.05) is 26.2 Å². The molecule has 0 bridgehead atoms. The van der Waals surface area contributed by atoms with Crippen molar-refractivity contribution >= 4 is 11.9 Å². The molecule has 2 fully saturated rings. The fourth-order valence-electron chi connectivity index (χ4n) is 3.24. The number of nitrogens with zero attached hydrogens (tertiary/aromatic N) is 1. The molecule has 0 aromatic rings. The van der Waals surface area contributed by atoms with Gasteiger partial charge in [-0.15, -0.1) is 0 Å². The smallest absolute Gasteiger partial charge is 0.310 e. The summed E-state index contributed by atoms with van der Waals surface area (Å²) in [7, 11) is 0. The van der Waals surface area contributed by atoms with E-state index in [0.717, 1.165) is 38.8 Å². The summed E-state index contributed by atoms with van der Waals surface area (Å²) in [4.78, 5) is 26.3. The van der Waals surface area contributed by atoms with Crippen LogP contribution in [0.2, 0.25) is 0 Å². The van der Waals surface area contributed by atoms with Crippen LogP contribution < -0.4 is 5.32 Å². The zero-order valence-corrected chi connectivity index (χ0v) is 12.6. The van der Waals surface area contributed by atoms with Gasteiger partial charge in [-0.1, -0.05) is 0 Å². The SMILES string of the molecule is CCOC(=O)C1CCCN(C(=O)[C@H]2CCN[C@@H](C)C2)C1. The van der Waals surface area contributed by atoms with Gasteiger partial charge in [0, 0.05) is 25.0 Å². The maximum absolute atomic E-state index is 12.6. The minimum Gasteiger partial charge on any atom is -0.466 e. The van der Waals surface area contributed by atoms with Gasteiger partial charge in [-0.25, -0.2) is 0 Å². The van der Waals surface area contributed by atoms with Crippen LogP contribution >= 0.6 is 0 Å². The summed E-state index contributed by atoms with van der Waals surface area (Å²) in [5.74, 6) is 0.0648. The zero-order chi connectivity index (χ0) is 14.5. The van der Waals surface area contributed by atoms with E-state index >= 15 is 0 Å². The first-order valence-electron chi connectivity index (χ1n) is 7.80. The van der Waals surface area contributed by atoms with Crippen LogP contribution in [0.5, 0.6) is 0 Å². The Morgan fingerprint density at radius 1 is 1.30 bits per heavy atom. The molecule has 20 heavy (non-hydrogen) atoms. The molecule has 2 rings (SSSR count). The van der Waals surface area contributed by atoms with Crippen molar-refractivity contribution in [3.63, 3.8) is 0 Å². The highest BCUT2D eigenvalue weighted by Crippen LogP contribution is 2.24. The van der Waals surface area contributed by atoms with Gasteiger partial charge in [0.25, 0.3) is 0 Å². The van der Waals surface area contributed by atoms with Crippen molar-refractivity contribution in [2.45, 2.75) is 45.6 Å². The maximum Gasteiger partial charge on any atom is 0.310 e. The molecular formula is C15H26N2O3. The highest BCUT2D eigenvalue weighted by molar-refractivity contribution is 5.80. The summed E-state index contributed by atoms with van der Waals surface area (Å²) in [6, 6.07) is 0.406. The van der Waals surface area contributed by atoms with E-state index in [2.05, 4.69) is 12.2 Å². The number of likely N-dealkylation sites (tertiary alicyclic amines) is 1. The van der Waals surface area contributed by atoms with Crippen molar-refractivity contribution in [3.05, 3.63) is 0 Å². The molecule has 0 aliphatic carbocycles. The second kappa shape index (κ2) is 7.07. The summed E-state index contributed by atoms with van der Waals surface area (Å²) in [5.41, 5.74) is 0. The van der Waals surface area contributed by atoms with Crippen molar-refractivity contribution in [1.82, 2.24) is 10.2 Å². The Kier molecular flexibility index (Phi) is 5.40. The molecule has 5 heteroatoms. The average molecular weight is 282 g/mol. The number of ether oxygens (including phenoxy) is 1. The molecule has 2 saturated heterocycles. The van der Waals surface area contributed by atoms with E-state index in [1.807, 2.05) is 11.8 Å². The van der Waals surface area contributed by atoms with Gasteiger partial charge in [-0.05, 0) is 46.1 Å².